The first-order valence-electron chi connectivity index (χ1n) is 31.1. The Morgan fingerprint density at radius 3 is 1.79 bits per heavy atom. The van der Waals surface area contributed by atoms with Gasteiger partial charge in [0.25, 0.3) is 0 Å². The van der Waals surface area contributed by atoms with E-state index in [4.69, 9.17) is 14.2 Å². The van der Waals surface area contributed by atoms with E-state index in [2.05, 4.69) is 54.2 Å². The number of ether oxygens (including phenoxy) is 3. The topological polar surface area (TPSA) is 105 Å². The molecule has 0 unspecified atom stereocenters. The van der Waals surface area contributed by atoms with Crippen LogP contribution in [-0.2, 0) is 19.0 Å². The zero-order chi connectivity index (χ0) is 51.1. The molecule has 3 N–H and O–H groups in total. The molecule has 0 aromatic rings. The molecule has 0 bridgehead atoms. The average Bonchev–Trinajstić information content (AvgIpc) is 3.72. The van der Waals surface area contributed by atoms with E-state index in [1.54, 1.807) is 0 Å². The van der Waals surface area contributed by atoms with E-state index in [1.807, 2.05) is 6.08 Å². The molecule has 7 heteroatoms. The molecule has 0 aromatic carbocycles. The van der Waals surface area contributed by atoms with Gasteiger partial charge in [-0.25, -0.2) is 0 Å². The van der Waals surface area contributed by atoms with Crippen LogP contribution in [0.25, 0.3) is 0 Å². The summed E-state index contributed by atoms with van der Waals surface area (Å²) in [5.74, 6) is 5.23. The summed E-state index contributed by atoms with van der Waals surface area (Å²) in [7, 11) is 0. The second-order valence-electron chi connectivity index (χ2n) is 25.5. The number of hydrogen-bond acceptors (Lipinski definition) is 7. The second-order valence-corrected chi connectivity index (χ2v) is 25.5. The van der Waals surface area contributed by atoms with E-state index in [-0.39, 0.29) is 24.1 Å². The van der Waals surface area contributed by atoms with E-state index in [0.29, 0.717) is 17.8 Å². The summed E-state index contributed by atoms with van der Waals surface area (Å²) in [6.07, 6.45) is 45.1. The molecule has 0 radical (unpaired) electrons. The molecule has 1 saturated heterocycles. The third-order valence-corrected chi connectivity index (χ3v) is 20.2. The molecular weight excluding hydrogens is 881 g/mol. The lowest BCUT2D eigenvalue weighted by Crippen LogP contribution is -2.60. The normalized spacial score (nSPS) is 32.5. The molecule has 1 aliphatic heterocycles. The van der Waals surface area contributed by atoms with E-state index in [9.17, 15) is 20.1 Å². The smallest absolute Gasteiger partial charge is 0.305 e. The minimum Gasteiger partial charge on any atom is -0.463 e. The van der Waals surface area contributed by atoms with Crippen LogP contribution in [-0.4, -0.2) is 64.7 Å². The summed E-state index contributed by atoms with van der Waals surface area (Å²) >= 11 is 0. The third-order valence-electron chi connectivity index (χ3n) is 20.2. The number of fused-ring (bicyclic) bond motifs is 5. The van der Waals surface area contributed by atoms with Crippen molar-refractivity contribution >= 4 is 5.97 Å². The fourth-order valence-corrected chi connectivity index (χ4v) is 15.5. The highest BCUT2D eigenvalue weighted by atomic mass is 16.7. The van der Waals surface area contributed by atoms with Crippen molar-refractivity contribution in [2.45, 2.75) is 316 Å². The first-order chi connectivity index (χ1) is 34.3. The van der Waals surface area contributed by atoms with Crippen molar-refractivity contribution in [2.75, 3.05) is 6.61 Å². The number of carbonyl (C=O) groups is 1. The van der Waals surface area contributed by atoms with Gasteiger partial charge in [0.1, 0.15) is 31.0 Å². The zero-order valence-corrected chi connectivity index (χ0v) is 47.2. The summed E-state index contributed by atoms with van der Waals surface area (Å²) in [5.41, 5.74) is 2.12. The molecule has 1 heterocycles. The molecule has 0 amide bonds. The van der Waals surface area contributed by atoms with Crippen molar-refractivity contribution in [3.8, 4) is 0 Å². The Bertz CT molecular complexity index is 1490. The van der Waals surface area contributed by atoms with Gasteiger partial charge in [-0.05, 0) is 129 Å². The fraction of sp³-hybridized carbons (Fsp3) is 0.922. The van der Waals surface area contributed by atoms with E-state index >= 15 is 0 Å². The summed E-state index contributed by atoms with van der Waals surface area (Å²) in [6.45, 7) is 18.6. The van der Waals surface area contributed by atoms with E-state index in [0.717, 1.165) is 80.5 Å². The lowest BCUT2D eigenvalue weighted by atomic mass is 9.47. The zero-order valence-electron chi connectivity index (χ0n) is 47.2. The lowest BCUT2D eigenvalue weighted by molar-refractivity contribution is -0.313. The molecule has 412 valence electrons. The predicted molar refractivity (Wildman–Crippen MR) is 295 cm³/mol. The third kappa shape index (κ3) is 18.5. The monoisotopic (exact) mass is 995 g/mol. The van der Waals surface area contributed by atoms with Gasteiger partial charge < -0.3 is 29.5 Å². The Morgan fingerprint density at radius 1 is 0.704 bits per heavy atom. The Hall–Kier alpha value is -1.25. The maximum absolute atomic E-state index is 12.7. The molecule has 71 heavy (non-hydrogen) atoms. The highest BCUT2D eigenvalue weighted by Crippen LogP contribution is 2.67. The predicted octanol–water partition coefficient (Wildman–Crippen LogP) is 16.7. The van der Waals surface area contributed by atoms with Gasteiger partial charge in [-0.3, -0.25) is 4.79 Å². The number of hydrogen-bond donors (Lipinski definition) is 3. The molecular formula is C64H114O7. The summed E-state index contributed by atoms with van der Waals surface area (Å²) in [6, 6.07) is 0. The van der Waals surface area contributed by atoms with Gasteiger partial charge >= 0.3 is 5.97 Å². The molecule has 14 atom stereocenters. The van der Waals surface area contributed by atoms with Crippen molar-refractivity contribution in [1.29, 1.82) is 0 Å². The first kappa shape index (κ1) is 60.6. The number of rotatable bonds is 37. The van der Waals surface area contributed by atoms with Crippen LogP contribution in [0, 0.1) is 52.3 Å². The van der Waals surface area contributed by atoms with E-state index in [1.165, 1.54) is 192 Å². The van der Waals surface area contributed by atoms with Gasteiger partial charge in [-0.2, -0.15) is 0 Å². The van der Waals surface area contributed by atoms with Crippen molar-refractivity contribution < 1.29 is 34.3 Å². The average molecular weight is 996 g/mol. The molecule has 5 aliphatic rings. The number of unbranched alkanes of at least 4 members (excludes halogenated alkanes) is 24. The minimum atomic E-state index is -1.44. The minimum absolute atomic E-state index is 0.142. The van der Waals surface area contributed by atoms with Gasteiger partial charge in [0, 0.05) is 6.42 Å². The van der Waals surface area contributed by atoms with Crippen LogP contribution in [0.15, 0.2) is 24.3 Å². The summed E-state index contributed by atoms with van der Waals surface area (Å²) in [4.78, 5) is 12.7. The number of esters is 1. The lowest BCUT2D eigenvalue weighted by Gasteiger charge is -2.58. The number of aliphatic hydroxyl groups excluding tert-OH is 3. The van der Waals surface area contributed by atoms with Crippen LogP contribution >= 0.6 is 0 Å². The maximum Gasteiger partial charge on any atom is 0.305 e. The van der Waals surface area contributed by atoms with Crippen molar-refractivity contribution in [2.24, 2.45) is 52.3 Å². The van der Waals surface area contributed by atoms with Crippen LogP contribution in [0.5, 0.6) is 0 Å². The van der Waals surface area contributed by atoms with E-state index < -0.39 is 30.7 Å². The highest BCUT2D eigenvalue weighted by Gasteiger charge is 2.59. The molecule has 0 spiro atoms. The highest BCUT2D eigenvalue weighted by molar-refractivity contribution is 5.69. The molecule has 3 saturated carbocycles. The molecule has 4 fully saturated rings. The molecule has 0 aromatic heterocycles. The van der Waals surface area contributed by atoms with Crippen LogP contribution in [0.4, 0.5) is 0 Å². The Kier molecular flexibility index (Phi) is 27.6. The van der Waals surface area contributed by atoms with Crippen LogP contribution in [0.2, 0.25) is 0 Å². The van der Waals surface area contributed by atoms with Gasteiger partial charge in [-0.15, -0.1) is 6.58 Å². The Labute approximate surface area is 437 Å². The van der Waals surface area contributed by atoms with Crippen LogP contribution < -0.4 is 0 Å². The second kappa shape index (κ2) is 32.4. The standard InChI is InChI=1S/C64H114O7/c1-8-10-11-12-13-14-15-16-17-18-19-20-21-22-23-24-25-26-27-28-29-30-31-32-33-34-35-58(65)69-47-57-59(66)60(67)61(68)62(71-57)70-52-42-44-63(6)51(46-52)38-39-53-55-41-40-54(64(55,7)45-43-56(53)63)49(5)36-37-50(9-2)48(3)4/h8,38,48-50,52-57,59-62,66-68H,1,9-37,39-47H2,2-7H3/t49-,50-,52+,53+,54-,55+,56+,57-,59-,60+,61-,62-,63+,64-/m1/s1. The summed E-state index contributed by atoms with van der Waals surface area (Å²) < 4.78 is 18.1. The SMILES string of the molecule is C=CCCCCCCCCCCCCCCCCCCCCCCCCCCC(=O)OC[C@H]1O[C@@H](O[C@H]2CC[C@@]3(C)C(=CC[C@H]4[C@@H]5CC[C@H]([C@H](C)CC[C@@H](CC)C(C)C)[C@@]5(C)CC[C@@H]43)C2)[C@H](O)[C@@H](O)[C@@H]1O. The summed E-state index contributed by atoms with van der Waals surface area (Å²) in [5, 5.41) is 32.7. The fourth-order valence-electron chi connectivity index (χ4n) is 15.5. The quantitative estimate of drug-likeness (QED) is 0.0323. The number of allylic oxidation sites excluding steroid dienone is 2. The molecule has 7 nitrogen and oxygen atoms in total. The number of carbonyl (C=O) groups excluding carboxylic acids is 1. The van der Waals surface area contributed by atoms with Crippen LogP contribution in [0.3, 0.4) is 0 Å². The number of aliphatic hydroxyl groups is 3. The van der Waals surface area contributed by atoms with Crippen molar-refractivity contribution in [3.63, 3.8) is 0 Å². The molecule has 4 aliphatic carbocycles. The largest absolute Gasteiger partial charge is 0.463 e. The van der Waals surface area contributed by atoms with Crippen LogP contribution in [0.1, 0.15) is 279 Å². The van der Waals surface area contributed by atoms with Gasteiger partial charge in [-0.1, -0.05) is 213 Å². The Balaban J connectivity index is 0.882. The van der Waals surface area contributed by atoms with Gasteiger partial charge in [0.2, 0.25) is 0 Å². The van der Waals surface area contributed by atoms with Crippen molar-refractivity contribution in [1.82, 2.24) is 0 Å². The van der Waals surface area contributed by atoms with Crippen molar-refractivity contribution in [3.05, 3.63) is 24.3 Å². The Morgan fingerprint density at radius 2 is 1.25 bits per heavy atom. The van der Waals surface area contributed by atoms with Gasteiger partial charge in [0.05, 0.1) is 6.10 Å². The maximum atomic E-state index is 12.7. The van der Waals surface area contributed by atoms with Gasteiger partial charge in [0.15, 0.2) is 6.29 Å². The molecule has 5 rings (SSSR count). The first-order valence-corrected chi connectivity index (χ1v) is 31.1.